The molecule has 0 aromatic heterocycles. The van der Waals surface area contributed by atoms with Gasteiger partial charge in [0.2, 0.25) is 5.79 Å². The summed E-state index contributed by atoms with van der Waals surface area (Å²) in [6, 6.07) is 9.94. The van der Waals surface area contributed by atoms with Crippen LogP contribution in [0.2, 0.25) is 0 Å². The zero-order valence-corrected chi connectivity index (χ0v) is 42.5. The van der Waals surface area contributed by atoms with E-state index in [4.69, 9.17) is 18.9 Å². The first-order chi connectivity index (χ1) is 34.5. The van der Waals surface area contributed by atoms with E-state index in [1.54, 1.807) is 31.2 Å². The number of ether oxygens (including phenoxy) is 4. The Morgan fingerprint density at radius 3 is 2.57 bits per heavy atom. The second kappa shape index (κ2) is 22.0. The fourth-order valence-corrected chi connectivity index (χ4v) is 14.8. The van der Waals surface area contributed by atoms with E-state index in [0.717, 1.165) is 36.0 Å². The second-order valence-corrected chi connectivity index (χ2v) is 23.0. The summed E-state index contributed by atoms with van der Waals surface area (Å²) in [4.78, 5) is 29.6. The maximum atomic E-state index is 15.1. The molecule has 1 spiro atoms. The number of phenols is 1. The smallest absolute Gasteiger partial charge is 0.334 e. The molecule has 0 amide bonds. The van der Waals surface area contributed by atoms with E-state index < -0.39 is 60.4 Å². The minimum Gasteiger partial charge on any atom is -0.504 e. The number of carbonyl (C=O) groups excluding carboxylic acids is 2. The number of aromatic hydroxyl groups is 1. The molecule has 0 radical (unpaired) electrons. The van der Waals surface area contributed by atoms with Crippen LogP contribution in [-0.4, -0.2) is 123 Å². The number of esters is 2. The van der Waals surface area contributed by atoms with Gasteiger partial charge in [0.25, 0.3) is 0 Å². The molecular formula is C58H79NO13. The van der Waals surface area contributed by atoms with Crippen molar-refractivity contribution < 1.29 is 64.3 Å². The molecule has 2 aromatic rings. The molecule has 394 valence electrons. The topological polar surface area (TPSA) is 225 Å². The summed E-state index contributed by atoms with van der Waals surface area (Å²) in [6.45, 7) is 6.19. The van der Waals surface area contributed by atoms with Gasteiger partial charge in [0.05, 0.1) is 25.4 Å². The third kappa shape index (κ3) is 10.6. The maximum absolute atomic E-state index is 15.1. The highest BCUT2D eigenvalue weighted by Gasteiger charge is 2.61. The van der Waals surface area contributed by atoms with Crippen molar-refractivity contribution in [2.75, 3.05) is 26.9 Å². The molecule has 2 aliphatic heterocycles. The molecule has 18 atom stereocenters. The molecule has 6 aliphatic carbocycles. The minimum absolute atomic E-state index is 0.00850. The number of phenolic OH excluding ortho intramolecular Hbond substituents is 1. The maximum Gasteiger partial charge on any atom is 0.334 e. The molecule has 1 saturated heterocycles. The summed E-state index contributed by atoms with van der Waals surface area (Å²) in [5.74, 6) is -1.81. The van der Waals surface area contributed by atoms with Crippen molar-refractivity contribution in [2.24, 2.45) is 52.8 Å². The quantitative estimate of drug-likeness (QED) is 0.0545. The van der Waals surface area contributed by atoms with Crippen LogP contribution in [-0.2, 0) is 36.6 Å². The van der Waals surface area contributed by atoms with Gasteiger partial charge < -0.3 is 60.0 Å². The Balaban J connectivity index is 1.02. The van der Waals surface area contributed by atoms with Crippen LogP contribution in [0.1, 0.15) is 120 Å². The van der Waals surface area contributed by atoms with E-state index in [-0.39, 0.29) is 78.8 Å². The second-order valence-electron chi connectivity index (χ2n) is 23.0. The van der Waals surface area contributed by atoms with Gasteiger partial charge in [-0.25, -0.2) is 4.79 Å². The Labute approximate surface area is 424 Å². The van der Waals surface area contributed by atoms with E-state index >= 15 is 4.79 Å². The van der Waals surface area contributed by atoms with Crippen molar-refractivity contribution in [2.45, 2.75) is 159 Å². The average Bonchev–Trinajstić information content (AvgIpc) is 3.34. The standard InChI is InChI=1S/C58H79NO13/c1-32-22-41(57-19-16-43(48(64)29-57)51-33(2)6-5-7-38(51)27-42(57)23-32)13-15-50(65)70-54-52(66)53-46(59-30-34(3)62)17-20-58(68,72-53)55(54)71-56(67)40(24-36-9-14-47(63)49(26-36)69-4)28-45-39(31-61)12-11-37-10-8-35(18-21-60)25-44(37)45/h8-10,14,16-17,19-20,24-26,32-34,38-39,41-43,45-46,48,51-55,59-64,66,68H,5-7,11-13,15,18,21-23,27-31H2,1-4H3. The lowest BCUT2D eigenvalue weighted by molar-refractivity contribution is -0.333. The molecule has 8 aliphatic rings. The number of rotatable bonds is 16. The molecule has 14 nitrogen and oxygen atoms in total. The average molecular weight is 998 g/mol. The summed E-state index contributed by atoms with van der Waals surface area (Å²) >= 11 is 0. The Morgan fingerprint density at radius 2 is 1.82 bits per heavy atom. The van der Waals surface area contributed by atoms with Crippen LogP contribution in [0.25, 0.3) is 6.08 Å². The highest BCUT2D eigenvalue weighted by Crippen LogP contribution is 2.62. The number of carbonyl (C=O) groups is 2. The number of aryl methyl sites for hydroxylation is 1. The third-order valence-corrected chi connectivity index (χ3v) is 18.3. The monoisotopic (exact) mass is 998 g/mol. The van der Waals surface area contributed by atoms with E-state index in [1.165, 1.54) is 38.5 Å². The van der Waals surface area contributed by atoms with Crippen molar-refractivity contribution in [3.05, 3.63) is 88.5 Å². The summed E-state index contributed by atoms with van der Waals surface area (Å²) in [5, 5.41) is 80.9. The van der Waals surface area contributed by atoms with Crippen molar-refractivity contribution in [1.29, 1.82) is 0 Å². The molecule has 2 aromatic carbocycles. The number of benzene rings is 2. The highest BCUT2D eigenvalue weighted by atomic mass is 16.7. The van der Waals surface area contributed by atoms with Crippen LogP contribution in [0.3, 0.4) is 0 Å². The number of nitrogens with one attached hydrogen (secondary N) is 1. The Hall–Kier alpha value is -4.12. The fraction of sp³-hybridized carbons (Fsp3) is 0.655. The molecule has 18 unspecified atom stereocenters. The lowest BCUT2D eigenvalue weighted by Gasteiger charge is -2.59. The van der Waals surface area contributed by atoms with Crippen LogP contribution < -0.4 is 10.1 Å². The Kier molecular flexibility index (Phi) is 16.1. The molecule has 72 heavy (non-hydrogen) atoms. The third-order valence-electron chi connectivity index (χ3n) is 18.3. The lowest BCUT2D eigenvalue weighted by Crippen LogP contribution is -2.71. The number of aliphatic hydroxyl groups excluding tert-OH is 5. The van der Waals surface area contributed by atoms with Gasteiger partial charge in [-0.3, -0.25) is 4.79 Å². The highest BCUT2D eigenvalue weighted by molar-refractivity contribution is 5.94. The van der Waals surface area contributed by atoms with Crippen LogP contribution in [0.15, 0.2) is 66.3 Å². The summed E-state index contributed by atoms with van der Waals surface area (Å²) in [6.07, 6.45) is 11.6. The first-order valence-electron chi connectivity index (χ1n) is 26.9. The van der Waals surface area contributed by atoms with Crippen LogP contribution in [0.5, 0.6) is 11.5 Å². The summed E-state index contributed by atoms with van der Waals surface area (Å²) < 4.78 is 24.2. The van der Waals surface area contributed by atoms with Crippen LogP contribution in [0.4, 0.5) is 0 Å². The molecule has 4 fully saturated rings. The van der Waals surface area contributed by atoms with Crippen molar-refractivity contribution in [3.8, 4) is 11.5 Å². The van der Waals surface area contributed by atoms with Crippen LogP contribution >= 0.6 is 0 Å². The van der Waals surface area contributed by atoms with E-state index in [9.17, 15) is 40.5 Å². The first kappa shape index (κ1) is 52.7. The molecule has 14 heteroatoms. The van der Waals surface area contributed by atoms with Gasteiger partial charge >= 0.3 is 11.9 Å². The normalized spacial score (nSPS) is 38.4. The molecule has 2 heterocycles. The SMILES string of the molecule is COc1cc(C=C(CC2c3cc(CCO)ccc3CCC2CO)C(=O)OC2C(OC(=O)CCC3CC(C)CC4CC5CCCC(C)C5C5C=CC34CC5O)C(O)C3OC2(O)C=CC3NCC(C)O)ccc1O. The Morgan fingerprint density at radius 1 is 1.00 bits per heavy atom. The van der Waals surface area contributed by atoms with E-state index in [1.807, 2.05) is 18.2 Å². The molecule has 8 N–H and O–H groups in total. The van der Waals surface area contributed by atoms with Crippen molar-refractivity contribution in [1.82, 2.24) is 5.32 Å². The van der Waals surface area contributed by atoms with Gasteiger partial charge in [0, 0.05) is 37.7 Å². The first-order valence-corrected chi connectivity index (χ1v) is 26.9. The number of aliphatic hydroxyl groups is 6. The lowest BCUT2D eigenvalue weighted by atomic mass is 9.46. The zero-order chi connectivity index (χ0) is 51.1. The van der Waals surface area contributed by atoms with E-state index in [0.29, 0.717) is 67.3 Å². The molecule has 4 bridgehead atoms. The number of fused-ring (bicyclic) bond motifs is 4. The van der Waals surface area contributed by atoms with Gasteiger partial charge in [0.1, 0.15) is 12.2 Å². The fourth-order valence-electron chi connectivity index (χ4n) is 14.8. The van der Waals surface area contributed by atoms with Crippen LogP contribution in [0, 0.1) is 52.8 Å². The van der Waals surface area contributed by atoms with Gasteiger partial charge in [-0.1, -0.05) is 75.6 Å². The van der Waals surface area contributed by atoms with E-state index in [2.05, 4.69) is 31.3 Å². The van der Waals surface area contributed by atoms with Gasteiger partial charge in [-0.15, -0.1) is 0 Å². The Bertz CT molecular complexity index is 2350. The largest absolute Gasteiger partial charge is 0.504 e. The summed E-state index contributed by atoms with van der Waals surface area (Å²) in [5.41, 5.74) is 3.27. The van der Waals surface area contributed by atoms with Gasteiger partial charge in [-0.05, 0) is 164 Å². The number of hydrogen-bond donors (Lipinski definition) is 8. The number of hydrogen-bond acceptors (Lipinski definition) is 14. The summed E-state index contributed by atoms with van der Waals surface area (Å²) in [7, 11) is 1.42. The molecule has 10 rings (SSSR count). The number of allylic oxidation sites excluding steroid dienone is 1. The molecular weight excluding hydrogens is 919 g/mol. The predicted molar refractivity (Wildman–Crippen MR) is 269 cm³/mol. The zero-order valence-electron chi connectivity index (χ0n) is 42.5. The predicted octanol–water partition coefficient (Wildman–Crippen LogP) is 6.05. The van der Waals surface area contributed by atoms with Gasteiger partial charge in [-0.2, -0.15) is 0 Å². The minimum atomic E-state index is -2.36. The number of methoxy groups -OCH3 is 1. The van der Waals surface area contributed by atoms with Gasteiger partial charge in [0.15, 0.2) is 23.7 Å². The molecule has 3 saturated carbocycles. The van der Waals surface area contributed by atoms with Crippen molar-refractivity contribution in [3.63, 3.8) is 0 Å². The van der Waals surface area contributed by atoms with Crippen molar-refractivity contribution >= 4 is 18.0 Å².